The van der Waals surface area contributed by atoms with Crippen LogP contribution in [0.4, 0.5) is 4.79 Å². The topological polar surface area (TPSA) is 61.4 Å². The maximum Gasteiger partial charge on any atom is 0.314 e. The van der Waals surface area contributed by atoms with Crippen molar-refractivity contribution in [2.45, 2.75) is 32.3 Å². The van der Waals surface area contributed by atoms with Crippen molar-refractivity contribution in [2.24, 2.45) is 0 Å². The zero-order valence-electron chi connectivity index (χ0n) is 10.3. The minimum atomic E-state index is -1.01. The number of carbonyl (C=O) groups excluding carboxylic acids is 1. The minimum Gasteiger partial charge on any atom is -0.384 e. The number of urea groups is 1. The van der Waals surface area contributed by atoms with Gasteiger partial charge in [0.15, 0.2) is 0 Å². The third kappa shape index (κ3) is 4.75. The monoisotopic (exact) mass is 256 g/mol. The molecule has 1 aromatic heterocycles. The Morgan fingerprint density at radius 1 is 1.53 bits per heavy atom. The third-order valence-corrected chi connectivity index (χ3v) is 3.24. The fourth-order valence-corrected chi connectivity index (χ4v) is 2.15. The second kappa shape index (κ2) is 6.61. The number of amides is 2. The van der Waals surface area contributed by atoms with Crippen LogP contribution in [0.5, 0.6) is 0 Å². The highest BCUT2D eigenvalue weighted by Crippen LogP contribution is 2.21. The van der Waals surface area contributed by atoms with Gasteiger partial charge in [-0.3, -0.25) is 0 Å². The Hall–Kier alpha value is -1.07. The van der Waals surface area contributed by atoms with E-state index in [2.05, 4.69) is 17.6 Å². The van der Waals surface area contributed by atoms with E-state index >= 15 is 0 Å². The number of hydrogen-bond donors (Lipinski definition) is 3. The second-order valence-electron chi connectivity index (χ2n) is 4.25. The van der Waals surface area contributed by atoms with Gasteiger partial charge < -0.3 is 15.7 Å². The summed E-state index contributed by atoms with van der Waals surface area (Å²) < 4.78 is 0. The van der Waals surface area contributed by atoms with Crippen LogP contribution in [0, 0.1) is 0 Å². The second-order valence-corrected chi connectivity index (χ2v) is 5.03. The molecule has 0 saturated carbocycles. The van der Waals surface area contributed by atoms with Crippen LogP contribution in [-0.4, -0.2) is 24.2 Å². The van der Waals surface area contributed by atoms with E-state index in [0.29, 0.717) is 6.54 Å². The van der Waals surface area contributed by atoms with Gasteiger partial charge in [0.1, 0.15) is 5.60 Å². The van der Waals surface area contributed by atoms with E-state index < -0.39 is 5.60 Å². The predicted octanol–water partition coefficient (Wildman–Crippen LogP) is 2.05. The summed E-state index contributed by atoms with van der Waals surface area (Å²) in [5.74, 6) is 0. The van der Waals surface area contributed by atoms with Crippen LogP contribution in [-0.2, 0) is 5.60 Å². The fourth-order valence-electron chi connectivity index (χ4n) is 1.37. The number of rotatable bonds is 6. The zero-order valence-corrected chi connectivity index (χ0v) is 11.1. The van der Waals surface area contributed by atoms with E-state index in [1.807, 2.05) is 16.8 Å². The highest BCUT2D eigenvalue weighted by molar-refractivity contribution is 7.08. The maximum atomic E-state index is 11.4. The lowest BCUT2D eigenvalue weighted by atomic mass is 9.99. The molecular weight excluding hydrogens is 236 g/mol. The Kier molecular flexibility index (Phi) is 5.44. The summed E-state index contributed by atoms with van der Waals surface area (Å²) in [6.07, 6.45) is 2.02. The summed E-state index contributed by atoms with van der Waals surface area (Å²) in [6.45, 7) is 4.65. The molecule has 0 aliphatic heterocycles. The SMILES string of the molecule is CCCCNC(=O)NCC(C)(O)c1ccsc1. The Morgan fingerprint density at radius 3 is 2.88 bits per heavy atom. The molecule has 96 valence electrons. The first-order chi connectivity index (χ1) is 8.06. The van der Waals surface area contributed by atoms with Gasteiger partial charge in [0.2, 0.25) is 0 Å². The molecule has 5 heteroatoms. The summed E-state index contributed by atoms with van der Waals surface area (Å²) in [5.41, 5.74) is -0.182. The Labute approximate surface area is 106 Å². The van der Waals surface area contributed by atoms with Crippen molar-refractivity contribution >= 4 is 17.4 Å². The van der Waals surface area contributed by atoms with Gasteiger partial charge in [0.25, 0.3) is 0 Å². The lowest BCUT2D eigenvalue weighted by Crippen LogP contribution is -2.43. The lowest BCUT2D eigenvalue weighted by molar-refractivity contribution is 0.0598. The Morgan fingerprint density at radius 2 is 2.29 bits per heavy atom. The van der Waals surface area contributed by atoms with Crippen molar-refractivity contribution in [1.29, 1.82) is 0 Å². The molecule has 0 aliphatic carbocycles. The van der Waals surface area contributed by atoms with E-state index in [1.165, 1.54) is 11.3 Å². The molecule has 0 saturated heterocycles. The predicted molar refractivity (Wildman–Crippen MR) is 70.2 cm³/mol. The number of hydrogen-bond acceptors (Lipinski definition) is 3. The van der Waals surface area contributed by atoms with Gasteiger partial charge in [-0.25, -0.2) is 4.79 Å². The molecule has 1 aromatic rings. The number of carbonyl (C=O) groups is 1. The highest BCUT2D eigenvalue weighted by Gasteiger charge is 2.23. The smallest absolute Gasteiger partial charge is 0.314 e. The lowest BCUT2D eigenvalue weighted by Gasteiger charge is -2.22. The van der Waals surface area contributed by atoms with Crippen molar-refractivity contribution < 1.29 is 9.90 Å². The molecule has 1 rings (SSSR count). The van der Waals surface area contributed by atoms with Gasteiger partial charge in [-0.1, -0.05) is 13.3 Å². The van der Waals surface area contributed by atoms with Crippen LogP contribution >= 0.6 is 11.3 Å². The molecule has 1 unspecified atom stereocenters. The molecule has 1 heterocycles. The number of nitrogens with one attached hydrogen (secondary N) is 2. The van der Waals surface area contributed by atoms with Crippen molar-refractivity contribution in [1.82, 2.24) is 10.6 Å². The molecule has 4 nitrogen and oxygen atoms in total. The van der Waals surface area contributed by atoms with E-state index in [9.17, 15) is 9.90 Å². The van der Waals surface area contributed by atoms with Crippen LogP contribution in [0.25, 0.3) is 0 Å². The zero-order chi connectivity index (χ0) is 12.7. The number of unbranched alkanes of at least 4 members (excludes halogenated alkanes) is 1. The van der Waals surface area contributed by atoms with Gasteiger partial charge in [-0.2, -0.15) is 11.3 Å². The van der Waals surface area contributed by atoms with Gasteiger partial charge in [0.05, 0.1) is 6.54 Å². The van der Waals surface area contributed by atoms with Crippen LogP contribution in [0.1, 0.15) is 32.3 Å². The molecule has 1 atom stereocenters. The normalized spacial score (nSPS) is 14.1. The molecule has 2 amide bonds. The Bertz CT molecular complexity index is 336. The fraction of sp³-hybridized carbons (Fsp3) is 0.583. The van der Waals surface area contributed by atoms with Gasteiger partial charge in [-0.15, -0.1) is 0 Å². The molecule has 0 bridgehead atoms. The average molecular weight is 256 g/mol. The van der Waals surface area contributed by atoms with Gasteiger partial charge in [0, 0.05) is 6.54 Å². The molecule has 0 fully saturated rings. The first-order valence-electron chi connectivity index (χ1n) is 5.83. The first-order valence-corrected chi connectivity index (χ1v) is 6.77. The number of aliphatic hydroxyl groups is 1. The maximum absolute atomic E-state index is 11.4. The van der Waals surface area contributed by atoms with E-state index in [4.69, 9.17) is 0 Å². The molecule has 0 aromatic carbocycles. The number of thiophene rings is 1. The van der Waals surface area contributed by atoms with Gasteiger partial charge >= 0.3 is 6.03 Å². The molecular formula is C12H20N2O2S. The van der Waals surface area contributed by atoms with Gasteiger partial charge in [-0.05, 0) is 35.7 Å². The summed E-state index contributed by atoms with van der Waals surface area (Å²) in [6, 6.07) is 1.63. The summed E-state index contributed by atoms with van der Waals surface area (Å²) in [5, 5.41) is 19.4. The molecule has 3 N–H and O–H groups in total. The van der Waals surface area contributed by atoms with Crippen molar-refractivity contribution in [3.8, 4) is 0 Å². The highest BCUT2D eigenvalue weighted by atomic mass is 32.1. The summed E-state index contributed by atoms with van der Waals surface area (Å²) in [7, 11) is 0. The van der Waals surface area contributed by atoms with E-state index in [-0.39, 0.29) is 12.6 Å². The largest absolute Gasteiger partial charge is 0.384 e. The van der Waals surface area contributed by atoms with Crippen LogP contribution in [0.15, 0.2) is 16.8 Å². The van der Waals surface area contributed by atoms with Crippen LogP contribution < -0.4 is 10.6 Å². The van der Waals surface area contributed by atoms with E-state index in [0.717, 1.165) is 18.4 Å². The minimum absolute atomic E-state index is 0.210. The summed E-state index contributed by atoms with van der Waals surface area (Å²) >= 11 is 1.53. The van der Waals surface area contributed by atoms with Crippen LogP contribution in [0.2, 0.25) is 0 Å². The quantitative estimate of drug-likeness (QED) is 0.682. The molecule has 17 heavy (non-hydrogen) atoms. The van der Waals surface area contributed by atoms with Crippen molar-refractivity contribution in [3.63, 3.8) is 0 Å². The van der Waals surface area contributed by atoms with E-state index in [1.54, 1.807) is 6.92 Å². The third-order valence-electron chi connectivity index (χ3n) is 2.55. The summed E-state index contributed by atoms with van der Waals surface area (Å²) in [4.78, 5) is 11.4. The van der Waals surface area contributed by atoms with Crippen LogP contribution in [0.3, 0.4) is 0 Å². The Balaban J connectivity index is 2.32. The molecule has 0 radical (unpaired) electrons. The van der Waals surface area contributed by atoms with Crippen molar-refractivity contribution in [2.75, 3.05) is 13.1 Å². The standard InChI is InChI=1S/C12H20N2O2S/c1-3-4-6-13-11(15)14-9-12(2,16)10-5-7-17-8-10/h5,7-8,16H,3-4,6,9H2,1-2H3,(H2,13,14,15). The molecule has 0 aliphatic rings. The first kappa shape index (κ1) is 14.0. The average Bonchev–Trinajstić information content (AvgIpc) is 2.81. The molecule has 0 spiro atoms. The van der Waals surface area contributed by atoms with Crippen molar-refractivity contribution in [3.05, 3.63) is 22.4 Å².